The van der Waals surface area contributed by atoms with Crippen LogP contribution in [0.25, 0.3) is 6.08 Å². The number of benzene rings is 1. The molecule has 0 unspecified atom stereocenters. The van der Waals surface area contributed by atoms with Crippen molar-refractivity contribution >= 4 is 40.6 Å². The number of carbonyl (C=O) groups is 3. The summed E-state index contributed by atoms with van der Waals surface area (Å²) in [5, 5.41) is 10.1. The molecule has 0 bridgehead atoms. The monoisotopic (exact) mass is 333 g/mol. The van der Waals surface area contributed by atoms with Gasteiger partial charge in [-0.3, -0.25) is 29.4 Å². The van der Waals surface area contributed by atoms with E-state index in [-0.39, 0.29) is 10.6 Å². The van der Waals surface area contributed by atoms with E-state index in [0.29, 0.717) is 17.3 Å². The van der Waals surface area contributed by atoms with Gasteiger partial charge in [-0.2, -0.15) is 0 Å². The highest BCUT2D eigenvalue weighted by atomic mass is 32.2. The Kier molecular flexibility index (Phi) is 4.91. The summed E-state index contributed by atoms with van der Waals surface area (Å²) in [7, 11) is 0. The van der Waals surface area contributed by atoms with Gasteiger partial charge in [0.1, 0.15) is 6.54 Å². The average Bonchev–Trinajstić information content (AvgIpc) is 2.75. The van der Waals surface area contributed by atoms with E-state index >= 15 is 0 Å². The summed E-state index contributed by atoms with van der Waals surface area (Å²) in [6.07, 6.45) is 4.47. The smallest absolute Gasteiger partial charge is 0.294 e. The first-order valence-corrected chi connectivity index (χ1v) is 7.15. The Morgan fingerprint density at radius 3 is 2.78 bits per heavy atom. The molecule has 23 heavy (non-hydrogen) atoms. The number of non-ortho nitro benzene ring substituents is 1. The first-order valence-electron chi connectivity index (χ1n) is 6.33. The van der Waals surface area contributed by atoms with Gasteiger partial charge in [-0.1, -0.05) is 24.3 Å². The summed E-state index contributed by atoms with van der Waals surface area (Å²) in [6.45, 7) is -0.462. The van der Waals surface area contributed by atoms with Gasteiger partial charge in [0, 0.05) is 12.1 Å². The molecule has 3 amide bonds. The van der Waals surface area contributed by atoms with Gasteiger partial charge in [-0.25, -0.2) is 0 Å². The molecule has 0 radical (unpaired) electrons. The number of nitro groups is 1. The van der Waals surface area contributed by atoms with Crippen molar-refractivity contribution in [3.05, 3.63) is 57.0 Å². The van der Waals surface area contributed by atoms with E-state index in [0.717, 1.165) is 4.90 Å². The van der Waals surface area contributed by atoms with Gasteiger partial charge in [0.2, 0.25) is 5.91 Å². The first-order chi connectivity index (χ1) is 10.9. The molecule has 9 heteroatoms. The van der Waals surface area contributed by atoms with Crippen LogP contribution in [0.4, 0.5) is 10.5 Å². The standard InChI is InChI=1S/C14H11N3O5S/c15-12(18)8-16-13(19)11(23-14(16)20)6-2-4-9-3-1-5-10(7-9)17(21)22/h1-7H,8H2,(H2,15,18)/b4-2+,11-6-. The summed E-state index contributed by atoms with van der Waals surface area (Å²) in [5.41, 5.74) is 5.50. The highest BCUT2D eigenvalue weighted by Crippen LogP contribution is 2.30. The van der Waals surface area contributed by atoms with Crippen LogP contribution in [-0.4, -0.2) is 33.4 Å². The summed E-state index contributed by atoms with van der Waals surface area (Å²) >= 11 is 0.698. The van der Waals surface area contributed by atoms with Crippen molar-refractivity contribution in [3.8, 4) is 0 Å². The van der Waals surface area contributed by atoms with Gasteiger partial charge in [0.25, 0.3) is 16.8 Å². The van der Waals surface area contributed by atoms with Crippen LogP contribution in [-0.2, 0) is 9.59 Å². The SMILES string of the molecule is NC(=O)CN1C(=O)S/C(=C\C=C\c2cccc([N+](=O)[O-])c2)C1=O. The van der Waals surface area contributed by atoms with E-state index in [1.807, 2.05) is 0 Å². The van der Waals surface area contributed by atoms with E-state index in [1.165, 1.54) is 24.3 Å². The highest BCUT2D eigenvalue weighted by molar-refractivity contribution is 8.18. The Bertz CT molecular complexity index is 757. The number of hydrogen-bond acceptors (Lipinski definition) is 6. The molecule has 0 spiro atoms. The lowest BCUT2D eigenvalue weighted by Gasteiger charge is -2.08. The minimum absolute atomic E-state index is 0.0473. The van der Waals surface area contributed by atoms with Crippen molar-refractivity contribution in [1.29, 1.82) is 0 Å². The number of imide groups is 1. The Hall–Kier alpha value is -2.94. The molecule has 1 saturated heterocycles. The number of allylic oxidation sites excluding steroid dienone is 2. The molecule has 2 rings (SSSR count). The summed E-state index contributed by atoms with van der Waals surface area (Å²) in [4.78, 5) is 45.4. The zero-order chi connectivity index (χ0) is 17.0. The maximum Gasteiger partial charge on any atom is 0.294 e. The van der Waals surface area contributed by atoms with Gasteiger partial charge in [-0.05, 0) is 23.4 Å². The van der Waals surface area contributed by atoms with E-state index in [1.54, 1.807) is 18.2 Å². The van der Waals surface area contributed by atoms with E-state index in [9.17, 15) is 24.5 Å². The molecule has 1 aromatic rings. The number of primary amides is 1. The Morgan fingerprint density at radius 2 is 2.13 bits per heavy atom. The van der Waals surface area contributed by atoms with Crippen molar-refractivity contribution in [1.82, 2.24) is 4.90 Å². The van der Waals surface area contributed by atoms with E-state index in [4.69, 9.17) is 5.73 Å². The predicted octanol–water partition coefficient (Wildman–Crippen LogP) is 1.67. The summed E-state index contributed by atoms with van der Waals surface area (Å²) < 4.78 is 0. The number of rotatable bonds is 5. The number of hydrogen-bond donors (Lipinski definition) is 1. The first kappa shape index (κ1) is 16.4. The molecule has 1 fully saturated rings. The molecule has 2 N–H and O–H groups in total. The second kappa shape index (κ2) is 6.88. The molecular formula is C14H11N3O5S. The zero-order valence-corrected chi connectivity index (χ0v) is 12.5. The number of nitrogens with two attached hydrogens (primary N) is 1. The van der Waals surface area contributed by atoms with Crippen molar-refractivity contribution in [2.24, 2.45) is 5.73 Å². The fourth-order valence-electron chi connectivity index (χ4n) is 1.79. The number of thioether (sulfide) groups is 1. The number of nitrogens with zero attached hydrogens (tertiary/aromatic N) is 2. The summed E-state index contributed by atoms with van der Waals surface area (Å²) in [5.74, 6) is -1.37. The Balaban J connectivity index is 2.12. The van der Waals surface area contributed by atoms with E-state index in [2.05, 4.69) is 0 Å². The zero-order valence-electron chi connectivity index (χ0n) is 11.7. The van der Waals surface area contributed by atoms with Crippen LogP contribution in [0, 0.1) is 10.1 Å². The van der Waals surface area contributed by atoms with E-state index < -0.39 is 28.5 Å². The van der Waals surface area contributed by atoms with Crippen LogP contribution in [0.5, 0.6) is 0 Å². The highest BCUT2D eigenvalue weighted by Gasteiger charge is 2.35. The topological polar surface area (TPSA) is 124 Å². The van der Waals surface area contributed by atoms with Crippen molar-refractivity contribution in [3.63, 3.8) is 0 Å². The lowest BCUT2D eigenvalue weighted by molar-refractivity contribution is -0.384. The molecule has 8 nitrogen and oxygen atoms in total. The molecule has 0 saturated carbocycles. The fraction of sp³-hybridized carbons (Fsp3) is 0.0714. The third-order valence-corrected chi connectivity index (χ3v) is 3.73. The predicted molar refractivity (Wildman–Crippen MR) is 84.1 cm³/mol. The van der Waals surface area contributed by atoms with Crippen molar-refractivity contribution in [2.75, 3.05) is 6.54 Å². The quantitative estimate of drug-likeness (QED) is 0.496. The normalized spacial score (nSPS) is 16.5. The third-order valence-electron chi connectivity index (χ3n) is 2.80. The lowest BCUT2D eigenvalue weighted by atomic mass is 10.2. The summed E-state index contributed by atoms with van der Waals surface area (Å²) in [6, 6.07) is 5.95. The van der Waals surface area contributed by atoms with Gasteiger partial charge >= 0.3 is 0 Å². The van der Waals surface area contributed by atoms with Crippen molar-refractivity contribution < 1.29 is 19.3 Å². The van der Waals surface area contributed by atoms with Gasteiger partial charge in [0.05, 0.1) is 9.83 Å². The molecule has 0 aromatic heterocycles. The Morgan fingerprint density at radius 1 is 1.39 bits per heavy atom. The van der Waals surface area contributed by atoms with Crippen LogP contribution in [0.3, 0.4) is 0 Å². The van der Waals surface area contributed by atoms with Gasteiger partial charge in [-0.15, -0.1) is 0 Å². The largest absolute Gasteiger partial charge is 0.368 e. The fourth-order valence-corrected chi connectivity index (χ4v) is 2.58. The van der Waals surface area contributed by atoms with Crippen LogP contribution in [0.15, 0.2) is 41.3 Å². The number of amides is 3. The second-order valence-electron chi connectivity index (χ2n) is 4.47. The van der Waals surface area contributed by atoms with Gasteiger partial charge in [0.15, 0.2) is 0 Å². The molecule has 1 aromatic carbocycles. The van der Waals surface area contributed by atoms with Crippen LogP contribution >= 0.6 is 11.8 Å². The minimum atomic E-state index is -0.777. The number of nitro benzene ring substituents is 1. The second-order valence-corrected chi connectivity index (χ2v) is 5.46. The molecule has 1 heterocycles. The van der Waals surface area contributed by atoms with Crippen LogP contribution < -0.4 is 5.73 Å². The molecule has 1 aliphatic rings. The maximum absolute atomic E-state index is 11.9. The third kappa shape index (κ3) is 4.04. The molecule has 1 aliphatic heterocycles. The molecule has 0 atom stereocenters. The van der Waals surface area contributed by atoms with Crippen LogP contribution in [0.2, 0.25) is 0 Å². The molecular weight excluding hydrogens is 322 g/mol. The van der Waals surface area contributed by atoms with Gasteiger partial charge < -0.3 is 5.73 Å². The maximum atomic E-state index is 11.9. The van der Waals surface area contributed by atoms with Crippen molar-refractivity contribution in [2.45, 2.75) is 0 Å². The molecule has 0 aliphatic carbocycles. The average molecular weight is 333 g/mol. The minimum Gasteiger partial charge on any atom is -0.368 e. The Labute approximate surface area is 134 Å². The molecule has 118 valence electrons. The van der Waals surface area contributed by atoms with Crippen LogP contribution in [0.1, 0.15) is 5.56 Å². The lowest BCUT2D eigenvalue weighted by Crippen LogP contribution is -2.36. The number of carbonyl (C=O) groups excluding carboxylic acids is 3.